The molecule has 1 aromatic heterocycles. The Hall–Kier alpha value is -1.89. The Morgan fingerprint density at radius 1 is 1.18 bits per heavy atom. The number of nitrogens with zero attached hydrogens (tertiary/aromatic N) is 4. The van der Waals surface area contributed by atoms with Crippen molar-refractivity contribution < 1.29 is 15.0 Å². The summed E-state index contributed by atoms with van der Waals surface area (Å²) in [5, 5.41) is 18.4. The number of carboxylic acids is 1. The molecule has 2 aliphatic heterocycles. The van der Waals surface area contributed by atoms with Crippen molar-refractivity contribution in [2.24, 2.45) is 11.8 Å². The fraction of sp³-hybridized carbons (Fsp3) is 0.667. The number of hydrogen-bond donors (Lipinski definition) is 2. The van der Waals surface area contributed by atoms with E-state index in [1.54, 1.807) is 6.33 Å². The second-order valence-electron chi connectivity index (χ2n) is 6.14. The highest BCUT2D eigenvalue weighted by atomic mass is 16.4. The van der Waals surface area contributed by atoms with E-state index in [1.807, 2.05) is 11.0 Å². The Kier molecular flexibility index (Phi) is 4.42. The van der Waals surface area contributed by atoms with Gasteiger partial charge in [0.2, 0.25) is 0 Å². The van der Waals surface area contributed by atoms with Gasteiger partial charge in [0.25, 0.3) is 0 Å². The molecule has 7 nitrogen and oxygen atoms in total. The van der Waals surface area contributed by atoms with Crippen LogP contribution in [0.4, 0.5) is 11.6 Å². The molecule has 0 aliphatic carbocycles. The second kappa shape index (κ2) is 6.48. The summed E-state index contributed by atoms with van der Waals surface area (Å²) >= 11 is 0. The van der Waals surface area contributed by atoms with Crippen LogP contribution in [0.1, 0.15) is 19.3 Å². The van der Waals surface area contributed by atoms with E-state index in [9.17, 15) is 9.90 Å². The molecule has 0 amide bonds. The van der Waals surface area contributed by atoms with E-state index in [1.165, 1.54) is 0 Å². The average Bonchev–Trinajstić information content (AvgIpc) is 3.05. The van der Waals surface area contributed by atoms with Gasteiger partial charge in [0.1, 0.15) is 18.0 Å². The minimum atomic E-state index is -0.737. The zero-order valence-corrected chi connectivity index (χ0v) is 12.6. The van der Waals surface area contributed by atoms with Crippen LogP contribution < -0.4 is 9.80 Å². The smallest absolute Gasteiger partial charge is 0.308 e. The van der Waals surface area contributed by atoms with Gasteiger partial charge in [-0.3, -0.25) is 4.79 Å². The lowest BCUT2D eigenvalue weighted by Gasteiger charge is -2.33. The number of aliphatic hydroxyl groups excluding tert-OH is 1. The summed E-state index contributed by atoms with van der Waals surface area (Å²) in [7, 11) is 0. The van der Waals surface area contributed by atoms with Crippen molar-refractivity contribution in [1.29, 1.82) is 0 Å². The highest BCUT2D eigenvalue weighted by Crippen LogP contribution is 2.26. The van der Waals surface area contributed by atoms with Crippen LogP contribution in [0.2, 0.25) is 0 Å². The summed E-state index contributed by atoms with van der Waals surface area (Å²) in [6.07, 6.45) is 4.30. The largest absolute Gasteiger partial charge is 0.481 e. The van der Waals surface area contributed by atoms with E-state index in [4.69, 9.17) is 5.11 Å². The lowest BCUT2D eigenvalue weighted by Crippen LogP contribution is -2.37. The van der Waals surface area contributed by atoms with E-state index in [2.05, 4.69) is 14.9 Å². The molecule has 3 rings (SSSR count). The summed E-state index contributed by atoms with van der Waals surface area (Å²) < 4.78 is 0. The van der Waals surface area contributed by atoms with Gasteiger partial charge in [-0.2, -0.15) is 0 Å². The number of hydrogen-bond acceptors (Lipinski definition) is 6. The third-order valence-corrected chi connectivity index (χ3v) is 4.60. The minimum absolute atomic E-state index is 0.209. The van der Waals surface area contributed by atoms with Crippen LogP contribution in [0.5, 0.6) is 0 Å². The second-order valence-corrected chi connectivity index (χ2v) is 6.14. The Morgan fingerprint density at radius 3 is 2.55 bits per heavy atom. The number of aromatic nitrogens is 2. The van der Waals surface area contributed by atoms with Crippen molar-refractivity contribution in [3.05, 3.63) is 12.4 Å². The SMILES string of the molecule is O=C(O)C1CCN(c2cc(N3CCCC(CO)C3)ncn2)C1. The number of aliphatic carboxylic acids is 1. The highest BCUT2D eigenvalue weighted by Gasteiger charge is 2.29. The maximum absolute atomic E-state index is 11.1. The average molecular weight is 306 g/mol. The van der Waals surface area contributed by atoms with Gasteiger partial charge < -0.3 is 20.0 Å². The molecule has 0 bridgehead atoms. The van der Waals surface area contributed by atoms with Gasteiger partial charge in [-0.05, 0) is 25.2 Å². The molecular weight excluding hydrogens is 284 g/mol. The number of piperidine rings is 1. The molecule has 0 spiro atoms. The zero-order valence-electron chi connectivity index (χ0n) is 12.6. The first-order chi connectivity index (χ1) is 10.7. The maximum atomic E-state index is 11.1. The van der Waals surface area contributed by atoms with Crippen LogP contribution in [0.15, 0.2) is 12.4 Å². The van der Waals surface area contributed by atoms with Crippen molar-refractivity contribution in [2.45, 2.75) is 19.3 Å². The summed E-state index contributed by atoms with van der Waals surface area (Å²) in [4.78, 5) is 23.9. The normalized spacial score (nSPS) is 25.5. The third kappa shape index (κ3) is 3.14. The molecule has 2 N–H and O–H groups in total. The van der Waals surface area contributed by atoms with E-state index in [0.717, 1.165) is 37.6 Å². The first-order valence-electron chi connectivity index (χ1n) is 7.83. The van der Waals surface area contributed by atoms with Crippen LogP contribution >= 0.6 is 0 Å². The molecule has 2 saturated heterocycles. The molecule has 1 aromatic rings. The van der Waals surface area contributed by atoms with Gasteiger partial charge in [-0.1, -0.05) is 0 Å². The molecule has 0 saturated carbocycles. The number of carboxylic acid groups (broad SMARTS) is 1. The zero-order chi connectivity index (χ0) is 15.5. The van der Waals surface area contributed by atoms with Crippen molar-refractivity contribution in [3.63, 3.8) is 0 Å². The first-order valence-corrected chi connectivity index (χ1v) is 7.83. The first kappa shape index (κ1) is 15.0. The van der Waals surface area contributed by atoms with Crippen LogP contribution in [-0.2, 0) is 4.79 Å². The number of rotatable bonds is 4. The summed E-state index contributed by atoms with van der Waals surface area (Å²) in [6, 6.07) is 1.93. The maximum Gasteiger partial charge on any atom is 0.308 e. The van der Waals surface area contributed by atoms with Gasteiger partial charge in [-0.15, -0.1) is 0 Å². The molecule has 22 heavy (non-hydrogen) atoms. The van der Waals surface area contributed by atoms with Gasteiger partial charge in [0.05, 0.1) is 5.92 Å². The van der Waals surface area contributed by atoms with E-state index < -0.39 is 5.97 Å². The van der Waals surface area contributed by atoms with Crippen LogP contribution in [0.25, 0.3) is 0 Å². The lowest BCUT2D eigenvalue weighted by atomic mass is 9.99. The topological polar surface area (TPSA) is 89.8 Å². The van der Waals surface area contributed by atoms with Crippen LogP contribution in [-0.4, -0.2) is 58.9 Å². The van der Waals surface area contributed by atoms with Crippen molar-refractivity contribution >= 4 is 17.6 Å². The minimum Gasteiger partial charge on any atom is -0.481 e. The van der Waals surface area contributed by atoms with Gasteiger partial charge in [0.15, 0.2) is 0 Å². The molecular formula is C15H22N4O3. The molecule has 2 fully saturated rings. The molecule has 0 radical (unpaired) electrons. The van der Waals surface area contributed by atoms with E-state index in [-0.39, 0.29) is 12.5 Å². The summed E-state index contributed by atoms with van der Waals surface area (Å²) in [5.41, 5.74) is 0. The predicted molar refractivity (Wildman–Crippen MR) is 82.0 cm³/mol. The van der Waals surface area contributed by atoms with Gasteiger partial charge in [0, 0.05) is 38.9 Å². The lowest BCUT2D eigenvalue weighted by molar-refractivity contribution is -0.140. The Labute approximate surface area is 129 Å². The van der Waals surface area contributed by atoms with Crippen molar-refractivity contribution in [2.75, 3.05) is 42.6 Å². The highest BCUT2D eigenvalue weighted by molar-refractivity contribution is 5.72. The fourth-order valence-corrected chi connectivity index (χ4v) is 3.28. The van der Waals surface area contributed by atoms with Gasteiger partial charge >= 0.3 is 5.97 Å². The van der Waals surface area contributed by atoms with E-state index >= 15 is 0 Å². The molecule has 120 valence electrons. The Bertz CT molecular complexity index is 539. The molecule has 0 aromatic carbocycles. The van der Waals surface area contributed by atoms with Crippen molar-refractivity contribution in [1.82, 2.24) is 9.97 Å². The molecule has 7 heteroatoms. The molecule has 3 heterocycles. The number of carbonyl (C=O) groups is 1. The van der Waals surface area contributed by atoms with E-state index in [0.29, 0.717) is 25.4 Å². The fourth-order valence-electron chi connectivity index (χ4n) is 3.28. The Morgan fingerprint density at radius 2 is 1.91 bits per heavy atom. The third-order valence-electron chi connectivity index (χ3n) is 4.60. The quantitative estimate of drug-likeness (QED) is 0.841. The molecule has 2 atom stereocenters. The summed E-state index contributed by atoms with van der Waals surface area (Å²) in [5.74, 6) is 0.905. The Balaban J connectivity index is 1.71. The standard InChI is InChI=1S/C15H22N4O3/c20-9-11-2-1-4-18(7-11)13-6-14(17-10-16-13)19-5-3-12(8-19)15(21)22/h6,10-12,20H,1-5,7-9H2,(H,21,22). The number of aliphatic hydroxyl groups is 1. The summed E-state index contributed by atoms with van der Waals surface area (Å²) in [6.45, 7) is 3.17. The van der Waals surface area contributed by atoms with Gasteiger partial charge in [-0.25, -0.2) is 9.97 Å². The monoisotopic (exact) mass is 306 g/mol. The molecule has 2 aliphatic rings. The molecule has 2 unspecified atom stereocenters. The van der Waals surface area contributed by atoms with Crippen molar-refractivity contribution in [3.8, 4) is 0 Å². The van der Waals surface area contributed by atoms with Crippen LogP contribution in [0, 0.1) is 11.8 Å². The predicted octanol–water partition coefficient (Wildman–Crippen LogP) is 0.596. The number of anilines is 2. The van der Waals surface area contributed by atoms with Crippen LogP contribution in [0.3, 0.4) is 0 Å².